The molecule has 0 spiro atoms. The third-order valence-corrected chi connectivity index (χ3v) is 6.69. The second-order valence-electron chi connectivity index (χ2n) is 9.29. The third-order valence-electron chi connectivity index (χ3n) is 6.69. The number of rotatable bonds is 13. The van der Waals surface area contributed by atoms with Gasteiger partial charge >= 0.3 is 6.09 Å². The van der Waals surface area contributed by atoms with E-state index >= 15 is 0 Å². The number of amides is 2. The lowest BCUT2D eigenvalue weighted by Gasteiger charge is -2.29. The first kappa shape index (κ1) is 27.1. The molecule has 0 radical (unpaired) electrons. The van der Waals surface area contributed by atoms with E-state index in [1.54, 1.807) is 12.1 Å². The smallest absolute Gasteiger partial charge is 0.408 e. The van der Waals surface area contributed by atoms with Gasteiger partial charge in [0.15, 0.2) is 12.6 Å². The molecular formula is C24H33N7O7. The molecular weight excluding hydrogens is 498 g/mol. The average molecular weight is 532 g/mol. The van der Waals surface area contributed by atoms with Crippen molar-refractivity contribution in [3.63, 3.8) is 0 Å². The number of nitrogens with zero attached hydrogens (tertiary/aromatic N) is 6. The van der Waals surface area contributed by atoms with Crippen molar-refractivity contribution in [3.8, 4) is 5.75 Å². The molecule has 14 heteroatoms. The molecule has 1 fully saturated rings. The van der Waals surface area contributed by atoms with Crippen molar-refractivity contribution >= 4 is 17.7 Å². The first-order valence-corrected chi connectivity index (χ1v) is 13.0. The van der Waals surface area contributed by atoms with Crippen molar-refractivity contribution in [2.45, 2.75) is 70.3 Å². The fraction of sp³-hybridized carbons (Fsp3) is 0.625. The summed E-state index contributed by atoms with van der Waals surface area (Å²) in [7, 11) is 0. The van der Waals surface area contributed by atoms with Crippen LogP contribution in [0.25, 0.3) is 0 Å². The fourth-order valence-corrected chi connectivity index (χ4v) is 4.78. The number of ether oxygens (including phenoxy) is 2. The van der Waals surface area contributed by atoms with Crippen molar-refractivity contribution < 1.29 is 29.0 Å². The van der Waals surface area contributed by atoms with E-state index < -0.39 is 11.2 Å². The van der Waals surface area contributed by atoms with E-state index in [2.05, 4.69) is 25.7 Å². The predicted octanol–water partition coefficient (Wildman–Crippen LogP) is 2.75. The Bertz CT molecular complexity index is 1100. The van der Waals surface area contributed by atoms with Crippen LogP contribution in [0.1, 0.15) is 68.8 Å². The maximum Gasteiger partial charge on any atom is 0.408 e. The Labute approximate surface area is 219 Å². The lowest BCUT2D eigenvalue weighted by Crippen LogP contribution is -2.39. The van der Waals surface area contributed by atoms with Crippen LogP contribution in [-0.4, -0.2) is 63.8 Å². The molecule has 1 aromatic carbocycles. The second-order valence-corrected chi connectivity index (χ2v) is 9.29. The van der Waals surface area contributed by atoms with E-state index in [4.69, 9.17) is 9.47 Å². The van der Waals surface area contributed by atoms with Crippen molar-refractivity contribution in [2.24, 2.45) is 0 Å². The van der Waals surface area contributed by atoms with Gasteiger partial charge in [-0.2, -0.15) is 0 Å². The molecule has 2 aliphatic rings. The number of carbonyl (C=O) groups is 2. The summed E-state index contributed by atoms with van der Waals surface area (Å²) in [5.74, 6) is 1.50. The number of anilines is 1. The van der Waals surface area contributed by atoms with E-state index in [0.717, 1.165) is 49.2 Å². The molecule has 1 N–H and O–H groups in total. The molecule has 38 heavy (non-hydrogen) atoms. The number of aromatic nitrogens is 4. The van der Waals surface area contributed by atoms with Gasteiger partial charge in [-0.15, -0.1) is 15.2 Å². The first-order chi connectivity index (χ1) is 18.5. The van der Waals surface area contributed by atoms with Crippen LogP contribution in [0.4, 0.5) is 10.5 Å². The molecule has 2 heterocycles. The molecule has 1 aliphatic carbocycles. The van der Waals surface area contributed by atoms with Crippen LogP contribution in [0.5, 0.6) is 5.75 Å². The normalized spacial score (nSPS) is 15.6. The van der Waals surface area contributed by atoms with Gasteiger partial charge < -0.3 is 19.6 Å². The van der Waals surface area contributed by atoms with Crippen LogP contribution in [0.2, 0.25) is 0 Å². The minimum absolute atomic E-state index is 0.0946. The van der Waals surface area contributed by atoms with Crippen molar-refractivity contribution in [1.29, 1.82) is 0 Å². The minimum Gasteiger partial charge on any atom is -0.494 e. The van der Waals surface area contributed by atoms with E-state index in [1.165, 1.54) is 24.2 Å². The maximum atomic E-state index is 12.4. The van der Waals surface area contributed by atoms with Crippen LogP contribution < -0.4 is 15.0 Å². The highest BCUT2D eigenvalue weighted by atomic mass is 16.9. The highest BCUT2D eigenvalue weighted by molar-refractivity contribution is 5.96. The quantitative estimate of drug-likeness (QED) is 0.231. The largest absolute Gasteiger partial charge is 0.494 e. The van der Waals surface area contributed by atoms with Gasteiger partial charge in [-0.1, -0.05) is 19.3 Å². The van der Waals surface area contributed by atoms with Gasteiger partial charge in [0.05, 0.1) is 18.3 Å². The molecule has 1 aliphatic heterocycles. The molecule has 206 valence electrons. The number of hydrogen-bond acceptors (Lipinski definition) is 10. The summed E-state index contributed by atoms with van der Waals surface area (Å²) in [5.41, 5.74) is 1.59. The number of hydrogen-bond donors (Lipinski definition) is 1. The lowest BCUT2D eigenvalue weighted by molar-refractivity contribution is -0.757. The SMILES string of the molecule is O=C(NCCO[N+](=O)[O-])OCN1C(=O)CCc2cc(OCCCCc3nnnn3C3CCCCC3)ccc21. The van der Waals surface area contributed by atoms with Gasteiger partial charge in [0, 0.05) is 19.4 Å². The number of tetrazole rings is 1. The number of carbonyl (C=O) groups excluding carboxylic acids is 2. The highest BCUT2D eigenvalue weighted by Crippen LogP contribution is 2.31. The second kappa shape index (κ2) is 13.5. The summed E-state index contributed by atoms with van der Waals surface area (Å²) >= 11 is 0. The first-order valence-electron chi connectivity index (χ1n) is 13.0. The Morgan fingerprint density at radius 1 is 1.16 bits per heavy atom. The van der Waals surface area contributed by atoms with E-state index in [1.807, 2.05) is 10.7 Å². The number of fused-ring (bicyclic) bond motifs is 1. The van der Waals surface area contributed by atoms with E-state index in [9.17, 15) is 19.7 Å². The zero-order chi connectivity index (χ0) is 26.7. The average Bonchev–Trinajstić information content (AvgIpc) is 3.39. The summed E-state index contributed by atoms with van der Waals surface area (Å²) in [6.45, 7) is -0.109. The summed E-state index contributed by atoms with van der Waals surface area (Å²) < 4.78 is 13.1. The zero-order valence-electron chi connectivity index (χ0n) is 21.2. The molecule has 1 aromatic heterocycles. The Hall–Kier alpha value is -3.97. The molecule has 0 unspecified atom stereocenters. The van der Waals surface area contributed by atoms with E-state index in [0.29, 0.717) is 24.8 Å². The Balaban J connectivity index is 1.20. The number of aryl methyl sites for hydroxylation is 2. The monoisotopic (exact) mass is 531 g/mol. The maximum absolute atomic E-state index is 12.4. The number of unbranched alkanes of at least 4 members (excludes halogenated alkanes) is 1. The van der Waals surface area contributed by atoms with Gasteiger partial charge in [0.1, 0.15) is 12.4 Å². The van der Waals surface area contributed by atoms with Gasteiger partial charge in [-0.05, 0) is 66.3 Å². The summed E-state index contributed by atoms with van der Waals surface area (Å²) in [6, 6.07) is 5.91. The summed E-state index contributed by atoms with van der Waals surface area (Å²) in [5, 5.41) is 23.8. The number of benzene rings is 1. The predicted molar refractivity (Wildman–Crippen MR) is 133 cm³/mol. The standard InChI is InChI=1S/C24H33N7O7/c32-23-12-9-18-16-20(10-11-21(18)29(23)17-37-24(33)25-13-15-38-31(34)35)36-14-5-4-8-22-26-27-28-30(22)19-6-2-1-3-7-19/h10-11,16,19H,1-9,12-15,17H2,(H,25,33). The fourth-order valence-electron chi connectivity index (χ4n) is 4.78. The van der Waals surface area contributed by atoms with Crippen LogP contribution in [0.3, 0.4) is 0 Å². The topological polar surface area (TPSA) is 164 Å². The highest BCUT2D eigenvalue weighted by Gasteiger charge is 2.25. The zero-order valence-corrected chi connectivity index (χ0v) is 21.2. The van der Waals surface area contributed by atoms with Crippen molar-refractivity contribution in [1.82, 2.24) is 25.5 Å². The van der Waals surface area contributed by atoms with Crippen LogP contribution in [0, 0.1) is 10.1 Å². The minimum atomic E-state index is -0.946. The van der Waals surface area contributed by atoms with Crippen LogP contribution in [0.15, 0.2) is 18.2 Å². The molecule has 14 nitrogen and oxygen atoms in total. The summed E-state index contributed by atoms with van der Waals surface area (Å²) in [6.07, 6.45) is 8.67. The molecule has 0 saturated heterocycles. The summed E-state index contributed by atoms with van der Waals surface area (Å²) in [4.78, 5) is 39.9. The van der Waals surface area contributed by atoms with E-state index in [-0.39, 0.29) is 32.2 Å². The molecule has 2 amide bonds. The van der Waals surface area contributed by atoms with Crippen LogP contribution in [-0.2, 0) is 27.2 Å². The number of nitrogens with one attached hydrogen (secondary N) is 1. The van der Waals surface area contributed by atoms with Gasteiger partial charge in [0.2, 0.25) is 5.91 Å². The third kappa shape index (κ3) is 7.52. The molecule has 1 saturated carbocycles. The Morgan fingerprint density at radius 3 is 2.82 bits per heavy atom. The van der Waals surface area contributed by atoms with Crippen molar-refractivity contribution in [2.75, 3.05) is 31.4 Å². The molecule has 0 atom stereocenters. The lowest BCUT2D eigenvalue weighted by atomic mass is 9.95. The van der Waals surface area contributed by atoms with Gasteiger partial charge in [-0.3, -0.25) is 9.69 Å². The molecule has 2 aromatic rings. The number of alkyl carbamates (subject to hydrolysis) is 1. The van der Waals surface area contributed by atoms with Crippen molar-refractivity contribution in [3.05, 3.63) is 39.7 Å². The van der Waals surface area contributed by atoms with Crippen LogP contribution >= 0.6 is 0 Å². The Kier molecular flexibility index (Phi) is 9.65. The van der Waals surface area contributed by atoms with Gasteiger partial charge in [-0.25, -0.2) is 9.48 Å². The molecule has 0 bridgehead atoms. The van der Waals surface area contributed by atoms with Gasteiger partial charge in [0.25, 0.3) is 5.09 Å². The Morgan fingerprint density at radius 2 is 2.00 bits per heavy atom. The molecule has 4 rings (SSSR count).